The van der Waals surface area contributed by atoms with E-state index in [1.807, 2.05) is 0 Å². The summed E-state index contributed by atoms with van der Waals surface area (Å²) in [6.45, 7) is 8.94. The van der Waals surface area contributed by atoms with Gasteiger partial charge in [-0.05, 0) is 48.9 Å². The highest BCUT2D eigenvalue weighted by atomic mass is 32.2. The van der Waals surface area contributed by atoms with E-state index in [9.17, 15) is 17.6 Å². The minimum absolute atomic E-state index is 0.0104. The molecule has 1 heterocycles. The average Bonchev–Trinajstić information content (AvgIpc) is 2.59. The summed E-state index contributed by atoms with van der Waals surface area (Å²) < 4.78 is 39.7. The van der Waals surface area contributed by atoms with Gasteiger partial charge in [-0.1, -0.05) is 27.7 Å². The maximum atomic E-state index is 13.0. The number of hydrogen-bond acceptors (Lipinski definition) is 3. The Hall–Kier alpha value is -1.47. The van der Waals surface area contributed by atoms with E-state index in [1.54, 1.807) is 0 Å². The van der Waals surface area contributed by atoms with Crippen molar-refractivity contribution < 1.29 is 17.6 Å². The molecule has 0 atom stereocenters. The fourth-order valence-electron chi connectivity index (χ4n) is 3.50. The molecule has 1 aromatic rings. The first-order chi connectivity index (χ1) is 12.1. The van der Waals surface area contributed by atoms with Crippen LogP contribution in [0.3, 0.4) is 0 Å². The van der Waals surface area contributed by atoms with Crippen LogP contribution in [0.5, 0.6) is 0 Å². The summed E-state index contributed by atoms with van der Waals surface area (Å²) in [4.78, 5) is 12.6. The lowest BCUT2D eigenvalue weighted by molar-refractivity contribution is -0.127. The highest BCUT2D eigenvalue weighted by Gasteiger charge is 2.33. The van der Waals surface area contributed by atoms with Gasteiger partial charge in [0, 0.05) is 25.0 Å². The highest BCUT2D eigenvalue weighted by molar-refractivity contribution is 7.89. The van der Waals surface area contributed by atoms with Crippen LogP contribution >= 0.6 is 0 Å². The van der Waals surface area contributed by atoms with E-state index in [0.717, 1.165) is 12.1 Å². The molecule has 1 fully saturated rings. The Balaban J connectivity index is 1.98. The SMILES string of the molecule is CC(C)C(NC(=O)C1CCN(S(=O)(=O)c2ccc(F)cc2)CC1)C(C)C. The molecule has 146 valence electrons. The van der Waals surface area contributed by atoms with E-state index in [4.69, 9.17) is 0 Å². The standard InChI is InChI=1S/C19H29FN2O3S/c1-13(2)18(14(3)4)21-19(23)15-9-11-22(12-10-15)26(24,25)17-7-5-16(20)6-8-17/h5-8,13-15,18H,9-12H2,1-4H3,(H,21,23). The molecule has 0 unspecified atom stereocenters. The fourth-order valence-corrected chi connectivity index (χ4v) is 4.97. The molecule has 7 heteroatoms. The van der Waals surface area contributed by atoms with Gasteiger partial charge in [0.15, 0.2) is 0 Å². The maximum Gasteiger partial charge on any atom is 0.243 e. The molecule has 26 heavy (non-hydrogen) atoms. The quantitative estimate of drug-likeness (QED) is 0.820. The first kappa shape index (κ1) is 20.8. The van der Waals surface area contributed by atoms with Gasteiger partial charge >= 0.3 is 0 Å². The van der Waals surface area contributed by atoms with Crippen molar-refractivity contribution in [3.05, 3.63) is 30.1 Å². The molecule has 0 bridgehead atoms. The number of carbonyl (C=O) groups is 1. The van der Waals surface area contributed by atoms with Gasteiger partial charge < -0.3 is 5.32 Å². The van der Waals surface area contributed by atoms with E-state index in [-0.39, 0.29) is 22.8 Å². The largest absolute Gasteiger partial charge is 0.353 e. The van der Waals surface area contributed by atoms with Crippen LogP contribution in [0, 0.1) is 23.6 Å². The summed E-state index contributed by atoms with van der Waals surface area (Å²) in [6.07, 6.45) is 0.990. The Kier molecular flexibility index (Phi) is 6.80. The van der Waals surface area contributed by atoms with Crippen LogP contribution in [0.1, 0.15) is 40.5 Å². The minimum Gasteiger partial charge on any atom is -0.353 e. The van der Waals surface area contributed by atoms with Gasteiger partial charge in [0.2, 0.25) is 15.9 Å². The van der Waals surface area contributed by atoms with Crippen LogP contribution in [0.2, 0.25) is 0 Å². The predicted molar refractivity (Wildman–Crippen MR) is 99.5 cm³/mol. The zero-order valence-corrected chi connectivity index (χ0v) is 16.7. The zero-order valence-electron chi connectivity index (χ0n) is 15.9. The number of rotatable bonds is 6. The van der Waals surface area contributed by atoms with Gasteiger partial charge in [-0.2, -0.15) is 4.31 Å². The monoisotopic (exact) mass is 384 g/mol. The summed E-state index contributed by atoms with van der Waals surface area (Å²) in [7, 11) is -3.64. The van der Waals surface area contributed by atoms with Crippen molar-refractivity contribution in [2.45, 2.75) is 51.5 Å². The number of piperidine rings is 1. The summed E-state index contributed by atoms with van der Waals surface area (Å²) in [5.41, 5.74) is 0. The van der Waals surface area contributed by atoms with E-state index in [0.29, 0.717) is 37.8 Å². The molecule has 1 amide bonds. The van der Waals surface area contributed by atoms with Crippen LogP contribution in [-0.2, 0) is 14.8 Å². The van der Waals surface area contributed by atoms with Crippen molar-refractivity contribution in [3.63, 3.8) is 0 Å². The lowest BCUT2D eigenvalue weighted by Gasteiger charge is -2.33. The third-order valence-corrected chi connectivity index (χ3v) is 6.93. The fraction of sp³-hybridized carbons (Fsp3) is 0.632. The van der Waals surface area contributed by atoms with Crippen LogP contribution in [0.4, 0.5) is 4.39 Å². The molecular weight excluding hydrogens is 355 g/mol. The van der Waals surface area contributed by atoms with Crippen molar-refractivity contribution in [1.82, 2.24) is 9.62 Å². The van der Waals surface area contributed by atoms with Crippen molar-refractivity contribution in [2.75, 3.05) is 13.1 Å². The molecule has 1 aromatic carbocycles. The second-order valence-corrected chi connectivity index (χ2v) is 9.59. The Morgan fingerprint density at radius 3 is 2.04 bits per heavy atom. The van der Waals surface area contributed by atoms with Gasteiger partial charge in [-0.15, -0.1) is 0 Å². The molecular formula is C19H29FN2O3S. The minimum atomic E-state index is -3.64. The summed E-state index contributed by atoms with van der Waals surface area (Å²) in [5.74, 6) is 0.0610. The van der Waals surface area contributed by atoms with Gasteiger partial charge in [0.1, 0.15) is 5.82 Å². The van der Waals surface area contributed by atoms with Crippen molar-refractivity contribution in [3.8, 4) is 0 Å². The smallest absolute Gasteiger partial charge is 0.243 e. The lowest BCUT2D eigenvalue weighted by atomic mass is 9.91. The molecule has 0 radical (unpaired) electrons. The predicted octanol–water partition coefficient (Wildman–Crippen LogP) is 3.02. The molecule has 0 saturated carbocycles. The number of carbonyl (C=O) groups excluding carboxylic acids is 1. The molecule has 0 aromatic heterocycles. The van der Waals surface area contributed by atoms with Crippen molar-refractivity contribution >= 4 is 15.9 Å². The molecule has 2 rings (SSSR count). The normalized spacial score (nSPS) is 17.2. The Bertz CT molecular complexity index is 701. The van der Waals surface area contributed by atoms with Crippen LogP contribution in [0.15, 0.2) is 29.2 Å². The highest BCUT2D eigenvalue weighted by Crippen LogP contribution is 2.25. The Labute approximate surface area is 156 Å². The number of hydrogen-bond donors (Lipinski definition) is 1. The average molecular weight is 385 g/mol. The Morgan fingerprint density at radius 2 is 1.58 bits per heavy atom. The number of halogens is 1. The zero-order chi connectivity index (χ0) is 19.5. The van der Waals surface area contributed by atoms with E-state index in [2.05, 4.69) is 33.0 Å². The third kappa shape index (κ3) is 4.82. The Morgan fingerprint density at radius 1 is 1.08 bits per heavy atom. The molecule has 0 spiro atoms. The number of sulfonamides is 1. The summed E-state index contributed by atoms with van der Waals surface area (Å²) in [6, 6.07) is 4.96. The second kappa shape index (κ2) is 8.48. The van der Waals surface area contributed by atoms with Gasteiger partial charge in [-0.25, -0.2) is 12.8 Å². The molecule has 1 saturated heterocycles. The summed E-state index contributed by atoms with van der Waals surface area (Å²) >= 11 is 0. The van der Waals surface area contributed by atoms with Gasteiger partial charge in [-0.3, -0.25) is 4.79 Å². The summed E-state index contributed by atoms with van der Waals surface area (Å²) in [5, 5.41) is 3.13. The topological polar surface area (TPSA) is 66.5 Å². The maximum absolute atomic E-state index is 13.0. The van der Waals surface area contributed by atoms with E-state index >= 15 is 0 Å². The van der Waals surface area contributed by atoms with Crippen LogP contribution < -0.4 is 5.32 Å². The number of amides is 1. The first-order valence-electron chi connectivity index (χ1n) is 9.19. The lowest BCUT2D eigenvalue weighted by Crippen LogP contribution is -2.48. The number of nitrogens with zero attached hydrogens (tertiary/aromatic N) is 1. The third-order valence-electron chi connectivity index (χ3n) is 5.02. The van der Waals surface area contributed by atoms with Crippen molar-refractivity contribution in [1.29, 1.82) is 0 Å². The van der Waals surface area contributed by atoms with Crippen molar-refractivity contribution in [2.24, 2.45) is 17.8 Å². The molecule has 1 N–H and O–H groups in total. The number of benzene rings is 1. The van der Waals surface area contributed by atoms with E-state index < -0.39 is 15.8 Å². The first-order valence-corrected chi connectivity index (χ1v) is 10.6. The van der Waals surface area contributed by atoms with E-state index in [1.165, 1.54) is 16.4 Å². The molecule has 5 nitrogen and oxygen atoms in total. The second-order valence-electron chi connectivity index (χ2n) is 7.65. The van der Waals surface area contributed by atoms with Crippen LogP contribution in [0.25, 0.3) is 0 Å². The molecule has 1 aliphatic rings. The van der Waals surface area contributed by atoms with Gasteiger partial charge in [0.05, 0.1) is 4.90 Å². The molecule has 1 aliphatic heterocycles. The molecule has 0 aliphatic carbocycles. The van der Waals surface area contributed by atoms with Crippen LogP contribution in [-0.4, -0.2) is 37.8 Å². The van der Waals surface area contributed by atoms with Gasteiger partial charge in [0.25, 0.3) is 0 Å². The number of nitrogens with one attached hydrogen (secondary N) is 1.